The molecule has 86 valence electrons. The van der Waals surface area contributed by atoms with Crippen molar-refractivity contribution in [1.29, 1.82) is 0 Å². The summed E-state index contributed by atoms with van der Waals surface area (Å²) < 4.78 is 0. The monoisotopic (exact) mass is 213 g/mol. The Hall–Kier alpha value is -0.770. The molecule has 2 N–H and O–H groups in total. The van der Waals surface area contributed by atoms with Crippen LogP contribution in [0.3, 0.4) is 0 Å². The first-order chi connectivity index (χ1) is 6.78. The molecule has 0 spiro atoms. The molecular weight excluding hydrogens is 194 g/mol. The van der Waals surface area contributed by atoms with Crippen LogP contribution in [0.4, 0.5) is 4.79 Å². The van der Waals surface area contributed by atoms with E-state index in [9.17, 15) is 15.0 Å². The molecule has 1 aliphatic heterocycles. The van der Waals surface area contributed by atoms with Gasteiger partial charge >= 0.3 is 6.09 Å². The number of carbonyl (C=O) groups is 1. The highest BCUT2D eigenvalue weighted by molar-refractivity contribution is 5.67. The Morgan fingerprint density at radius 1 is 1.40 bits per heavy atom. The maximum absolute atomic E-state index is 11.2. The normalized spacial score (nSPS) is 39.9. The van der Waals surface area contributed by atoms with E-state index < -0.39 is 6.09 Å². The summed E-state index contributed by atoms with van der Waals surface area (Å²) >= 11 is 0. The van der Waals surface area contributed by atoms with E-state index in [0.717, 1.165) is 6.42 Å². The van der Waals surface area contributed by atoms with Crippen molar-refractivity contribution in [2.75, 3.05) is 6.54 Å². The van der Waals surface area contributed by atoms with E-state index in [4.69, 9.17) is 0 Å². The molecule has 2 fully saturated rings. The van der Waals surface area contributed by atoms with Crippen LogP contribution < -0.4 is 0 Å². The lowest BCUT2D eigenvalue weighted by atomic mass is 9.72. The minimum absolute atomic E-state index is 0.113. The van der Waals surface area contributed by atoms with Crippen LogP contribution in [-0.4, -0.2) is 39.4 Å². The number of aliphatic hydroxyl groups is 1. The summed E-state index contributed by atoms with van der Waals surface area (Å²) in [4.78, 5) is 12.7. The number of hydrogen-bond donors (Lipinski definition) is 2. The third-order valence-corrected chi connectivity index (χ3v) is 4.25. The van der Waals surface area contributed by atoms with E-state index >= 15 is 0 Å². The van der Waals surface area contributed by atoms with Gasteiger partial charge in [0.2, 0.25) is 0 Å². The zero-order valence-electron chi connectivity index (χ0n) is 9.53. The molecular formula is C11H19NO3. The van der Waals surface area contributed by atoms with Crippen molar-refractivity contribution in [3.8, 4) is 0 Å². The summed E-state index contributed by atoms with van der Waals surface area (Å²) in [7, 11) is 0. The molecule has 2 aliphatic rings. The predicted octanol–water partition coefficient (Wildman–Crippen LogP) is 1.54. The molecule has 1 saturated carbocycles. The predicted molar refractivity (Wildman–Crippen MR) is 55.6 cm³/mol. The summed E-state index contributed by atoms with van der Waals surface area (Å²) in [5.41, 5.74) is -0.472. The van der Waals surface area contributed by atoms with Gasteiger partial charge in [0.05, 0.1) is 11.6 Å². The van der Waals surface area contributed by atoms with Crippen LogP contribution in [0.15, 0.2) is 0 Å². The van der Waals surface area contributed by atoms with Gasteiger partial charge in [0.25, 0.3) is 0 Å². The third kappa shape index (κ3) is 1.27. The van der Waals surface area contributed by atoms with Crippen molar-refractivity contribution in [3.05, 3.63) is 0 Å². The lowest BCUT2D eigenvalue weighted by Crippen LogP contribution is -2.57. The first-order valence-electron chi connectivity index (χ1n) is 5.46. The van der Waals surface area contributed by atoms with Crippen molar-refractivity contribution in [2.24, 2.45) is 11.3 Å². The Labute approximate surface area is 89.9 Å². The fourth-order valence-corrected chi connectivity index (χ4v) is 3.26. The molecule has 2 bridgehead atoms. The minimum atomic E-state index is -0.848. The Bertz CT molecular complexity index is 293. The maximum Gasteiger partial charge on any atom is 0.407 e. The molecule has 15 heavy (non-hydrogen) atoms. The lowest BCUT2D eigenvalue weighted by Gasteiger charge is -2.47. The van der Waals surface area contributed by atoms with Gasteiger partial charge in [0.1, 0.15) is 0 Å². The molecule has 4 nitrogen and oxygen atoms in total. The molecule has 3 unspecified atom stereocenters. The lowest BCUT2D eigenvalue weighted by molar-refractivity contribution is -0.0116. The second-order valence-electron chi connectivity index (χ2n) is 5.91. The van der Waals surface area contributed by atoms with Gasteiger partial charge in [0, 0.05) is 12.5 Å². The van der Waals surface area contributed by atoms with E-state index in [1.165, 1.54) is 0 Å². The van der Waals surface area contributed by atoms with Gasteiger partial charge in [0.15, 0.2) is 0 Å². The molecule has 1 saturated heterocycles. The first kappa shape index (κ1) is 10.7. The zero-order chi connectivity index (χ0) is 11.4. The minimum Gasteiger partial charge on any atom is -0.465 e. The third-order valence-electron chi connectivity index (χ3n) is 4.25. The maximum atomic E-state index is 11.2. The van der Waals surface area contributed by atoms with Gasteiger partial charge in [-0.05, 0) is 18.3 Å². The highest BCUT2D eigenvalue weighted by atomic mass is 16.4. The highest BCUT2D eigenvalue weighted by Crippen LogP contribution is 2.55. The first-order valence-corrected chi connectivity index (χ1v) is 5.46. The average molecular weight is 213 g/mol. The number of likely N-dealkylation sites (tertiary alicyclic amines) is 1. The van der Waals surface area contributed by atoms with Crippen molar-refractivity contribution in [1.82, 2.24) is 4.90 Å². The van der Waals surface area contributed by atoms with Crippen LogP contribution in [0.5, 0.6) is 0 Å². The molecule has 0 radical (unpaired) electrons. The number of nitrogens with zero attached hydrogens (tertiary/aromatic N) is 1. The summed E-state index contributed by atoms with van der Waals surface area (Å²) in [6, 6.07) is 0. The topological polar surface area (TPSA) is 60.8 Å². The summed E-state index contributed by atoms with van der Waals surface area (Å²) in [6.07, 6.45) is 0.233. The van der Waals surface area contributed by atoms with E-state index in [0.29, 0.717) is 13.0 Å². The van der Waals surface area contributed by atoms with Crippen LogP contribution in [0.2, 0.25) is 0 Å². The largest absolute Gasteiger partial charge is 0.465 e. The standard InChI is InChI=1S/C11H19NO3/c1-10(2,3)11-4-7(8(13)5-11)6-12(11)9(14)15/h7-8,13H,4-6H2,1-3H3,(H,14,15). The van der Waals surface area contributed by atoms with Crippen LogP contribution in [0.25, 0.3) is 0 Å². The molecule has 1 amide bonds. The zero-order valence-corrected chi connectivity index (χ0v) is 9.53. The molecule has 0 aromatic carbocycles. The van der Waals surface area contributed by atoms with E-state index in [1.54, 1.807) is 4.90 Å². The fourth-order valence-electron chi connectivity index (χ4n) is 3.26. The van der Waals surface area contributed by atoms with E-state index in [2.05, 4.69) is 20.8 Å². The second-order valence-corrected chi connectivity index (χ2v) is 5.91. The number of rotatable bonds is 0. The fraction of sp³-hybridized carbons (Fsp3) is 0.909. The molecule has 3 atom stereocenters. The van der Waals surface area contributed by atoms with Crippen LogP contribution in [0, 0.1) is 11.3 Å². The Morgan fingerprint density at radius 3 is 2.40 bits per heavy atom. The van der Waals surface area contributed by atoms with Gasteiger partial charge in [-0.2, -0.15) is 0 Å². The summed E-state index contributed by atoms with van der Waals surface area (Å²) in [5.74, 6) is 0.139. The smallest absolute Gasteiger partial charge is 0.407 e. The highest BCUT2D eigenvalue weighted by Gasteiger charge is 2.61. The number of piperidine rings is 1. The summed E-state index contributed by atoms with van der Waals surface area (Å²) in [5, 5.41) is 19.0. The molecule has 2 rings (SSSR count). The van der Waals surface area contributed by atoms with Gasteiger partial charge in [-0.15, -0.1) is 0 Å². The van der Waals surface area contributed by atoms with Crippen molar-refractivity contribution in [3.63, 3.8) is 0 Å². The van der Waals surface area contributed by atoms with E-state index in [-0.39, 0.29) is 23.0 Å². The van der Waals surface area contributed by atoms with E-state index in [1.807, 2.05) is 0 Å². The summed E-state index contributed by atoms with van der Waals surface area (Å²) in [6.45, 7) is 6.67. The van der Waals surface area contributed by atoms with Gasteiger partial charge < -0.3 is 15.1 Å². The van der Waals surface area contributed by atoms with Crippen molar-refractivity contribution >= 4 is 6.09 Å². The second kappa shape index (κ2) is 2.88. The van der Waals surface area contributed by atoms with Crippen molar-refractivity contribution < 1.29 is 15.0 Å². The quantitative estimate of drug-likeness (QED) is 0.641. The van der Waals surface area contributed by atoms with Gasteiger partial charge in [-0.3, -0.25) is 0 Å². The molecule has 0 aromatic heterocycles. The Balaban J connectivity index is 2.37. The molecule has 1 heterocycles. The SMILES string of the molecule is CC(C)(C)C12CC(O)C(CN1C(=O)O)C2. The van der Waals surface area contributed by atoms with Crippen LogP contribution in [0.1, 0.15) is 33.6 Å². The Kier molecular flexibility index (Phi) is 2.06. The van der Waals surface area contributed by atoms with Crippen LogP contribution in [-0.2, 0) is 0 Å². The van der Waals surface area contributed by atoms with Crippen LogP contribution >= 0.6 is 0 Å². The molecule has 1 aliphatic carbocycles. The number of carboxylic acid groups (broad SMARTS) is 1. The average Bonchev–Trinajstić information content (AvgIpc) is 2.57. The number of amides is 1. The number of fused-ring (bicyclic) bond motifs is 2. The van der Waals surface area contributed by atoms with Gasteiger partial charge in [-0.1, -0.05) is 20.8 Å². The molecule has 4 heteroatoms. The molecule has 0 aromatic rings. The number of aliphatic hydroxyl groups excluding tert-OH is 1. The van der Waals surface area contributed by atoms with Gasteiger partial charge in [-0.25, -0.2) is 4.79 Å². The number of hydrogen-bond acceptors (Lipinski definition) is 2. The van der Waals surface area contributed by atoms with Crippen molar-refractivity contribution in [2.45, 2.75) is 45.3 Å². The Morgan fingerprint density at radius 2 is 2.00 bits per heavy atom.